The van der Waals surface area contributed by atoms with Gasteiger partial charge in [-0.25, -0.2) is 0 Å². The molecule has 1 fully saturated rings. The van der Waals surface area contributed by atoms with Gasteiger partial charge in [0.15, 0.2) is 11.7 Å². The number of nitriles is 1. The predicted molar refractivity (Wildman–Crippen MR) is 79.5 cm³/mol. The van der Waals surface area contributed by atoms with Crippen molar-refractivity contribution >= 4 is 28.7 Å². The van der Waals surface area contributed by atoms with Gasteiger partial charge in [0.25, 0.3) is 0 Å². The summed E-state index contributed by atoms with van der Waals surface area (Å²) in [5.74, 6) is -2.23. The summed E-state index contributed by atoms with van der Waals surface area (Å²) in [5, 5.41) is 11.2. The van der Waals surface area contributed by atoms with Crippen LogP contribution in [-0.4, -0.2) is 10.8 Å². The Labute approximate surface area is 143 Å². The summed E-state index contributed by atoms with van der Waals surface area (Å²) in [6.45, 7) is 0. The molecule has 0 saturated heterocycles. The van der Waals surface area contributed by atoms with Gasteiger partial charge >= 0.3 is 12.4 Å². The van der Waals surface area contributed by atoms with Crippen LogP contribution in [0.3, 0.4) is 0 Å². The molecule has 1 unspecified atom stereocenters. The summed E-state index contributed by atoms with van der Waals surface area (Å²) >= 11 is 4.84. The molecule has 0 aliphatic heterocycles. The number of halogens is 6. The van der Waals surface area contributed by atoms with E-state index in [2.05, 4.69) is 5.32 Å². The van der Waals surface area contributed by atoms with E-state index in [0.717, 1.165) is 0 Å². The molecule has 10 heteroatoms. The quantitative estimate of drug-likeness (QED) is 0.614. The SMILES string of the molecule is N#CC(C(=O)C1CC1)C(=S)Nc1cc(C(F)(F)F)cc(C(F)(F)F)c1. The van der Waals surface area contributed by atoms with Crippen molar-refractivity contribution in [1.82, 2.24) is 0 Å². The largest absolute Gasteiger partial charge is 0.416 e. The van der Waals surface area contributed by atoms with Crippen LogP contribution >= 0.6 is 12.2 Å². The van der Waals surface area contributed by atoms with Crippen molar-refractivity contribution in [3.63, 3.8) is 0 Å². The van der Waals surface area contributed by atoms with Crippen LogP contribution in [0.25, 0.3) is 0 Å². The number of carbonyl (C=O) groups is 1. The average Bonchev–Trinajstić information content (AvgIpc) is 3.30. The van der Waals surface area contributed by atoms with Crippen LogP contribution in [0.15, 0.2) is 18.2 Å². The van der Waals surface area contributed by atoms with Gasteiger partial charge in [0, 0.05) is 11.6 Å². The van der Waals surface area contributed by atoms with Crippen molar-refractivity contribution in [1.29, 1.82) is 5.26 Å². The summed E-state index contributed by atoms with van der Waals surface area (Å²) < 4.78 is 76.8. The van der Waals surface area contributed by atoms with E-state index in [1.165, 1.54) is 0 Å². The first-order chi connectivity index (χ1) is 11.4. The molecule has 3 nitrogen and oxygen atoms in total. The number of benzene rings is 1. The lowest BCUT2D eigenvalue weighted by molar-refractivity contribution is -0.143. The number of hydrogen-bond acceptors (Lipinski definition) is 3. The minimum absolute atomic E-state index is 0.0225. The van der Waals surface area contributed by atoms with Gasteiger partial charge in [0.2, 0.25) is 0 Å². The second-order valence-electron chi connectivity index (χ2n) is 5.52. The third kappa shape index (κ3) is 4.69. The second kappa shape index (κ2) is 6.63. The number of rotatable bonds is 4. The van der Waals surface area contributed by atoms with Gasteiger partial charge in [0.05, 0.1) is 17.2 Å². The number of nitrogens with zero attached hydrogens (tertiary/aromatic N) is 1. The maximum Gasteiger partial charge on any atom is 0.416 e. The molecular formula is C15H10F6N2OS. The van der Waals surface area contributed by atoms with Crippen LogP contribution in [0.1, 0.15) is 24.0 Å². The van der Waals surface area contributed by atoms with Crippen LogP contribution in [-0.2, 0) is 17.1 Å². The molecule has 1 aliphatic rings. The molecule has 134 valence electrons. The standard InChI is InChI=1S/C15H10F6N2OS/c16-14(17,18)8-3-9(15(19,20)21)5-10(4-8)23-13(25)11(6-22)12(24)7-1-2-7/h3-5,7,11H,1-2H2,(H,23,25). The fraction of sp³-hybridized carbons (Fsp3) is 0.400. The van der Waals surface area contributed by atoms with Crippen LogP contribution in [0, 0.1) is 23.2 Å². The van der Waals surface area contributed by atoms with Crippen molar-refractivity contribution in [2.24, 2.45) is 11.8 Å². The normalized spacial score (nSPS) is 16.0. The minimum Gasteiger partial charge on any atom is -0.349 e. The highest BCUT2D eigenvalue weighted by Gasteiger charge is 2.39. The average molecular weight is 380 g/mol. The summed E-state index contributed by atoms with van der Waals surface area (Å²) in [7, 11) is 0. The Kier molecular flexibility index (Phi) is 5.09. The lowest BCUT2D eigenvalue weighted by atomic mass is 10.0. The molecule has 2 rings (SSSR count). The molecule has 1 aliphatic carbocycles. The van der Waals surface area contributed by atoms with Gasteiger partial charge in [-0.05, 0) is 31.0 Å². The molecule has 1 aromatic carbocycles. The summed E-state index contributed by atoms with van der Waals surface area (Å²) in [6, 6.07) is 2.50. The summed E-state index contributed by atoms with van der Waals surface area (Å²) in [5.41, 5.74) is -3.62. The Balaban J connectivity index is 2.33. The van der Waals surface area contributed by atoms with Crippen molar-refractivity contribution < 1.29 is 31.1 Å². The van der Waals surface area contributed by atoms with Gasteiger partial charge in [0.1, 0.15) is 4.99 Å². The maximum atomic E-state index is 12.8. The molecule has 0 spiro atoms. The maximum absolute atomic E-state index is 12.8. The third-order valence-electron chi connectivity index (χ3n) is 3.51. The third-order valence-corrected chi connectivity index (χ3v) is 3.85. The zero-order valence-corrected chi connectivity index (χ0v) is 13.1. The van der Waals surface area contributed by atoms with E-state index < -0.39 is 45.9 Å². The van der Waals surface area contributed by atoms with Gasteiger partial charge < -0.3 is 5.32 Å². The zero-order chi connectivity index (χ0) is 19.0. The van der Waals surface area contributed by atoms with Crippen molar-refractivity contribution in [2.75, 3.05) is 5.32 Å². The van der Waals surface area contributed by atoms with E-state index in [9.17, 15) is 31.1 Å². The smallest absolute Gasteiger partial charge is 0.349 e. The summed E-state index contributed by atoms with van der Waals surface area (Å²) in [4.78, 5) is 11.5. The van der Waals surface area contributed by atoms with Crippen LogP contribution in [0.2, 0.25) is 0 Å². The predicted octanol–water partition coefficient (Wildman–Crippen LogP) is 4.58. The Bertz CT molecular complexity index is 714. The monoisotopic (exact) mass is 380 g/mol. The van der Waals surface area contributed by atoms with E-state index in [0.29, 0.717) is 25.0 Å². The highest BCUT2D eigenvalue weighted by molar-refractivity contribution is 7.80. The number of nitrogens with one attached hydrogen (secondary N) is 1. The van der Waals surface area contributed by atoms with E-state index in [-0.39, 0.29) is 12.0 Å². The topological polar surface area (TPSA) is 52.9 Å². The molecule has 0 amide bonds. The van der Waals surface area contributed by atoms with Gasteiger partial charge in [-0.2, -0.15) is 31.6 Å². The van der Waals surface area contributed by atoms with Crippen LogP contribution in [0.4, 0.5) is 32.0 Å². The number of alkyl halides is 6. The highest BCUT2D eigenvalue weighted by Crippen LogP contribution is 2.38. The Hall–Kier alpha value is -2.15. The second-order valence-corrected chi connectivity index (χ2v) is 5.96. The van der Waals surface area contributed by atoms with Gasteiger partial charge in [-0.3, -0.25) is 4.79 Å². The van der Waals surface area contributed by atoms with E-state index in [1.54, 1.807) is 6.07 Å². The fourth-order valence-corrected chi connectivity index (χ4v) is 2.38. The molecule has 0 radical (unpaired) electrons. The first-order valence-electron chi connectivity index (χ1n) is 6.97. The molecule has 1 atom stereocenters. The molecule has 0 bridgehead atoms. The van der Waals surface area contributed by atoms with Crippen molar-refractivity contribution in [3.8, 4) is 6.07 Å². The molecular weight excluding hydrogens is 370 g/mol. The molecule has 1 aromatic rings. The molecule has 0 aromatic heterocycles. The van der Waals surface area contributed by atoms with E-state index >= 15 is 0 Å². The number of thiocarbonyl (C=S) groups is 1. The van der Waals surface area contributed by atoms with Gasteiger partial charge in [-0.1, -0.05) is 12.2 Å². The zero-order valence-electron chi connectivity index (χ0n) is 12.3. The minimum atomic E-state index is -5.00. The van der Waals surface area contributed by atoms with Crippen LogP contribution < -0.4 is 5.32 Å². The number of hydrogen-bond donors (Lipinski definition) is 1. The first-order valence-corrected chi connectivity index (χ1v) is 7.38. The number of ketones is 1. The van der Waals surface area contributed by atoms with Gasteiger partial charge in [-0.15, -0.1) is 0 Å². The lowest BCUT2D eigenvalue weighted by Gasteiger charge is -2.17. The Morgan fingerprint density at radius 3 is 1.96 bits per heavy atom. The molecule has 0 heterocycles. The Morgan fingerprint density at radius 1 is 1.12 bits per heavy atom. The van der Waals surface area contributed by atoms with Crippen molar-refractivity contribution in [2.45, 2.75) is 25.2 Å². The fourth-order valence-electron chi connectivity index (χ4n) is 2.10. The molecule has 25 heavy (non-hydrogen) atoms. The van der Waals surface area contributed by atoms with Crippen molar-refractivity contribution in [3.05, 3.63) is 29.3 Å². The lowest BCUT2D eigenvalue weighted by Crippen LogP contribution is -2.28. The molecule has 1 N–H and O–H groups in total. The summed E-state index contributed by atoms with van der Waals surface area (Å²) in [6.07, 6.45) is -8.83. The van der Waals surface area contributed by atoms with E-state index in [4.69, 9.17) is 17.5 Å². The van der Waals surface area contributed by atoms with E-state index in [1.807, 2.05) is 0 Å². The number of Topliss-reactive ketones (excluding diaryl/α,β-unsaturated/α-hetero) is 1. The highest BCUT2D eigenvalue weighted by atomic mass is 32.1. The number of carbonyl (C=O) groups excluding carboxylic acids is 1. The number of anilines is 1. The van der Waals surface area contributed by atoms with Crippen LogP contribution in [0.5, 0.6) is 0 Å². The Morgan fingerprint density at radius 2 is 1.60 bits per heavy atom. The molecule has 1 saturated carbocycles. The first kappa shape index (κ1) is 19.2.